The van der Waals surface area contributed by atoms with E-state index < -0.39 is 18.4 Å². The van der Waals surface area contributed by atoms with Gasteiger partial charge in [-0.3, -0.25) is 0 Å². The first kappa shape index (κ1) is 20.8. The van der Waals surface area contributed by atoms with Gasteiger partial charge in [0.2, 0.25) is 0 Å². The number of benzene rings is 1. The summed E-state index contributed by atoms with van der Waals surface area (Å²) in [6.45, 7) is 9.31. The molecule has 1 aromatic rings. The number of hydrogen-bond acceptors (Lipinski definition) is 0. The minimum absolute atomic E-state index is 0.778. The first-order valence-electron chi connectivity index (χ1n) is 9.91. The summed E-state index contributed by atoms with van der Waals surface area (Å²) in [5.41, 5.74) is 1.60. The van der Waals surface area contributed by atoms with Gasteiger partial charge in [-0.15, -0.1) is 0 Å². The molecule has 0 N–H and O–H groups in total. The fourth-order valence-electron chi connectivity index (χ4n) is 3.95. The predicted molar refractivity (Wildman–Crippen MR) is 109 cm³/mol. The standard InChI is InChI=1S/C10H11.3C4H9.Sn/c1-2-3-7-10-8-5-4-6-9-10;3*1-3-4-2;/h2-9H,1H3;3*1,3-4H2,2H3;/b3-2-;;;;. The molecule has 0 aliphatic rings. The summed E-state index contributed by atoms with van der Waals surface area (Å²) >= 11 is -2.25. The van der Waals surface area contributed by atoms with Gasteiger partial charge in [-0.1, -0.05) is 0 Å². The van der Waals surface area contributed by atoms with Crippen LogP contribution in [0, 0.1) is 0 Å². The van der Waals surface area contributed by atoms with Gasteiger partial charge in [-0.2, -0.15) is 0 Å². The Morgan fingerprint density at radius 3 is 1.70 bits per heavy atom. The van der Waals surface area contributed by atoms with Crippen molar-refractivity contribution in [2.45, 2.75) is 83.5 Å². The molecule has 130 valence electrons. The van der Waals surface area contributed by atoms with Crippen LogP contribution in [0.5, 0.6) is 0 Å². The van der Waals surface area contributed by atoms with Crippen LogP contribution < -0.4 is 0 Å². The second-order valence-corrected chi connectivity index (χ2v) is 20.9. The Labute approximate surface area is 149 Å². The van der Waals surface area contributed by atoms with Gasteiger partial charge in [0.1, 0.15) is 0 Å². The van der Waals surface area contributed by atoms with Gasteiger partial charge in [-0.25, -0.2) is 0 Å². The van der Waals surface area contributed by atoms with E-state index in [1.54, 1.807) is 18.9 Å². The predicted octanol–water partition coefficient (Wildman–Crippen LogP) is 7.73. The zero-order valence-corrected chi connectivity index (χ0v) is 18.8. The molecule has 0 nitrogen and oxygen atoms in total. The van der Waals surface area contributed by atoms with E-state index in [1.807, 2.05) is 0 Å². The fourth-order valence-corrected chi connectivity index (χ4v) is 22.1. The molecule has 0 saturated carbocycles. The van der Waals surface area contributed by atoms with E-state index in [2.05, 4.69) is 70.2 Å². The molecule has 1 aromatic carbocycles. The quantitative estimate of drug-likeness (QED) is 0.239. The van der Waals surface area contributed by atoms with Crippen molar-refractivity contribution in [1.29, 1.82) is 0 Å². The Morgan fingerprint density at radius 1 is 0.826 bits per heavy atom. The fraction of sp³-hybridized carbons (Fsp3) is 0.636. The van der Waals surface area contributed by atoms with Gasteiger partial charge >= 0.3 is 150 Å². The number of rotatable bonds is 12. The van der Waals surface area contributed by atoms with E-state index in [9.17, 15) is 0 Å². The van der Waals surface area contributed by atoms with Gasteiger partial charge in [0.05, 0.1) is 0 Å². The third kappa shape index (κ3) is 6.64. The van der Waals surface area contributed by atoms with Gasteiger partial charge in [-0.05, 0) is 0 Å². The molecule has 1 atom stereocenters. The molecule has 0 aliphatic heterocycles. The number of hydrogen-bond donors (Lipinski definition) is 0. The van der Waals surface area contributed by atoms with Crippen LogP contribution in [-0.2, 0) is 0 Å². The van der Waals surface area contributed by atoms with Crippen LogP contribution in [0.15, 0.2) is 42.5 Å². The second-order valence-electron chi connectivity index (χ2n) is 7.09. The summed E-state index contributed by atoms with van der Waals surface area (Å²) < 4.78 is 5.51. The molecule has 0 spiro atoms. The Kier molecular flexibility index (Phi) is 11.0. The molecule has 0 heterocycles. The molecule has 0 aliphatic carbocycles. The Hall–Kier alpha value is -0.241. The molecular formula is C22H38Sn. The SMILES string of the molecule is C/C=C\[CH](c1ccccc1)[Sn]([CH2]CCC)([CH2]CCC)[CH2]CCC. The van der Waals surface area contributed by atoms with Crippen molar-refractivity contribution in [3.05, 3.63) is 48.0 Å². The molecule has 1 heteroatoms. The Bertz CT molecular complexity index is 399. The molecule has 0 radical (unpaired) electrons. The van der Waals surface area contributed by atoms with Crippen molar-refractivity contribution in [2.24, 2.45) is 0 Å². The van der Waals surface area contributed by atoms with Crippen molar-refractivity contribution < 1.29 is 0 Å². The molecular weight excluding hydrogens is 383 g/mol. The van der Waals surface area contributed by atoms with E-state index in [4.69, 9.17) is 0 Å². The molecule has 0 saturated heterocycles. The minimum atomic E-state index is -2.25. The van der Waals surface area contributed by atoms with Gasteiger partial charge < -0.3 is 0 Å². The van der Waals surface area contributed by atoms with Crippen LogP contribution in [0.3, 0.4) is 0 Å². The molecule has 0 aromatic heterocycles. The van der Waals surface area contributed by atoms with Crippen molar-refractivity contribution >= 4 is 18.4 Å². The maximum atomic E-state index is 2.58. The van der Waals surface area contributed by atoms with Crippen LogP contribution in [-0.4, -0.2) is 18.4 Å². The summed E-state index contributed by atoms with van der Waals surface area (Å²) in [4.78, 5) is 0. The van der Waals surface area contributed by atoms with Crippen LogP contribution in [0.4, 0.5) is 0 Å². The number of allylic oxidation sites excluding steroid dienone is 2. The van der Waals surface area contributed by atoms with Crippen molar-refractivity contribution in [2.75, 3.05) is 0 Å². The normalized spacial score (nSPS) is 13.6. The second kappa shape index (κ2) is 12.2. The molecule has 1 rings (SSSR count). The summed E-state index contributed by atoms with van der Waals surface area (Å²) in [6, 6.07) is 11.4. The van der Waals surface area contributed by atoms with Crippen molar-refractivity contribution in [3.8, 4) is 0 Å². The van der Waals surface area contributed by atoms with E-state index in [0.717, 1.165) is 3.93 Å². The maximum absolute atomic E-state index is 2.58. The van der Waals surface area contributed by atoms with Crippen LogP contribution >= 0.6 is 0 Å². The van der Waals surface area contributed by atoms with Crippen molar-refractivity contribution in [1.82, 2.24) is 0 Å². The average molecular weight is 421 g/mol. The van der Waals surface area contributed by atoms with E-state index in [1.165, 1.54) is 38.5 Å². The Morgan fingerprint density at radius 2 is 1.30 bits per heavy atom. The van der Waals surface area contributed by atoms with E-state index in [-0.39, 0.29) is 0 Å². The zero-order chi connectivity index (χ0) is 17.0. The first-order valence-corrected chi connectivity index (χ1v) is 17.6. The van der Waals surface area contributed by atoms with Crippen molar-refractivity contribution in [3.63, 3.8) is 0 Å². The summed E-state index contributed by atoms with van der Waals surface area (Å²) in [7, 11) is 0. The van der Waals surface area contributed by atoms with Crippen LogP contribution in [0.1, 0.15) is 75.7 Å². The average Bonchev–Trinajstić information content (AvgIpc) is 2.60. The third-order valence-electron chi connectivity index (χ3n) is 5.29. The van der Waals surface area contributed by atoms with Gasteiger partial charge in [0, 0.05) is 0 Å². The van der Waals surface area contributed by atoms with E-state index in [0.29, 0.717) is 0 Å². The molecule has 23 heavy (non-hydrogen) atoms. The van der Waals surface area contributed by atoms with Crippen LogP contribution in [0.25, 0.3) is 0 Å². The molecule has 0 fully saturated rings. The molecule has 0 amide bonds. The van der Waals surface area contributed by atoms with E-state index >= 15 is 0 Å². The third-order valence-corrected chi connectivity index (χ3v) is 22.1. The molecule has 1 unspecified atom stereocenters. The Balaban J connectivity index is 3.21. The zero-order valence-electron chi connectivity index (χ0n) is 16.0. The summed E-state index contributed by atoms with van der Waals surface area (Å²) in [5.74, 6) is 0. The number of unbranched alkanes of at least 4 members (excludes halogenated alkanes) is 3. The van der Waals surface area contributed by atoms with Gasteiger partial charge in [0.25, 0.3) is 0 Å². The monoisotopic (exact) mass is 422 g/mol. The molecule has 0 bridgehead atoms. The summed E-state index contributed by atoms with van der Waals surface area (Å²) in [5, 5.41) is 0. The first-order chi connectivity index (χ1) is 11.2. The topological polar surface area (TPSA) is 0 Å². The van der Waals surface area contributed by atoms with Gasteiger partial charge in [0.15, 0.2) is 0 Å². The summed E-state index contributed by atoms with van der Waals surface area (Å²) in [6.07, 6.45) is 13.3. The van der Waals surface area contributed by atoms with Crippen LogP contribution in [0.2, 0.25) is 13.3 Å².